The Balaban J connectivity index is 1.98. The van der Waals surface area contributed by atoms with Crippen molar-refractivity contribution >= 4 is 17.5 Å². The van der Waals surface area contributed by atoms with Crippen molar-refractivity contribution in [3.05, 3.63) is 24.0 Å². The Hall–Kier alpha value is -2.11. The lowest BCUT2D eigenvalue weighted by Gasteiger charge is -2.15. The van der Waals surface area contributed by atoms with Crippen LogP contribution in [0.3, 0.4) is 0 Å². The highest BCUT2D eigenvalue weighted by molar-refractivity contribution is 6.01. The predicted octanol–water partition coefficient (Wildman–Crippen LogP) is 0.910. The molecule has 0 spiro atoms. The van der Waals surface area contributed by atoms with Crippen molar-refractivity contribution in [1.82, 2.24) is 15.6 Å². The van der Waals surface area contributed by atoms with Crippen LogP contribution in [0.15, 0.2) is 18.5 Å². The minimum absolute atomic E-state index is 0.144. The van der Waals surface area contributed by atoms with E-state index in [2.05, 4.69) is 20.9 Å². The highest BCUT2D eigenvalue weighted by Crippen LogP contribution is 2.18. The molecule has 0 aliphatic heterocycles. The Morgan fingerprint density at radius 1 is 1.45 bits per heavy atom. The van der Waals surface area contributed by atoms with Gasteiger partial charge in [-0.1, -0.05) is 0 Å². The Kier molecular flexibility index (Phi) is 4.55. The van der Waals surface area contributed by atoms with Crippen molar-refractivity contribution < 1.29 is 9.59 Å². The molecule has 0 radical (unpaired) electrons. The Bertz CT molecular complexity index is 500. The third kappa shape index (κ3) is 3.69. The maximum absolute atomic E-state index is 12.2. The number of carbonyl (C=O) groups excluding carboxylic acids is 2. The van der Waals surface area contributed by atoms with Crippen LogP contribution in [0, 0.1) is 0 Å². The maximum Gasteiger partial charge on any atom is 0.255 e. The zero-order chi connectivity index (χ0) is 14.5. The number of nitrogens with one attached hydrogen (secondary N) is 3. The van der Waals surface area contributed by atoms with Gasteiger partial charge in [0.1, 0.15) is 6.04 Å². The van der Waals surface area contributed by atoms with Gasteiger partial charge in [-0.05, 0) is 32.8 Å². The molecule has 1 aromatic heterocycles. The lowest BCUT2D eigenvalue weighted by molar-refractivity contribution is -0.122. The van der Waals surface area contributed by atoms with Crippen LogP contribution in [0.4, 0.5) is 5.69 Å². The third-order valence-electron chi connectivity index (χ3n) is 3.10. The number of amides is 2. The van der Waals surface area contributed by atoms with E-state index in [1.807, 2.05) is 6.92 Å². The normalized spacial score (nSPS) is 15.3. The summed E-state index contributed by atoms with van der Waals surface area (Å²) in [4.78, 5) is 28.0. The lowest BCUT2D eigenvalue weighted by atomic mass is 10.2. The maximum atomic E-state index is 12.2. The van der Waals surface area contributed by atoms with Gasteiger partial charge in [-0.2, -0.15) is 0 Å². The van der Waals surface area contributed by atoms with E-state index < -0.39 is 6.04 Å². The molecule has 0 saturated heterocycles. The third-order valence-corrected chi connectivity index (χ3v) is 3.10. The molecule has 1 fully saturated rings. The van der Waals surface area contributed by atoms with E-state index in [-0.39, 0.29) is 17.9 Å². The van der Waals surface area contributed by atoms with E-state index in [1.54, 1.807) is 19.2 Å². The van der Waals surface area contributed by atoms with Gasteiger partial charge in [0.15, 0.2) is 0 Å². The van der Waals surface area contributed by atoms with Crippen LogP contribution in [-0.4, -0.2) is 35.4 Å². The number of hydrogen-bond acceptors (Lipinski definition) is 4. The summed E-state index contributed by atoms with van der Waals surface area (Å²) in [5.41, 5.74) is 1.16. The molecule has 108 valence electrons. The molecule has 2 rings (SSSR count). The van der Waals surface area contributed by atoms with E-state index in [4.69, 9.17) is 0 Å². The van der Waals surface area contributed by atoms with Crippen molar-refractivity contribution in [2.24, 2.45) is 0 Å². The van der Waals surface area contributed by atoms with Crippen LogP contribution >= 0.6 is 0 Å². The Morgan fingerprint density at radius 2 is 2.20 bits per heavy atom. The molecule has 6 heteroatoms. The van der Waals surface area contributed by atoms with Gasteiger partial charge in [-0.3, -0.25) is 14.6 Å². The van der Waals surface area contributed by atoms with Crippen LogP contribution in [0.2, 0.25) is 0 Å². The minimum Gasteiger partial charge on any atom is -0.385 e. The van der Waals surface area contributed by atoms with Crippen LogP contribution in [0.25, 0.3) is 0 Å². The standard InChI is InChI=1S/C14H20N4O2/c1-3-16-12-6-7-15-8-11(12)14(20)17-9(2)13(19)18-10-4-5-10/h6-10H,3-5H2,1-2H3,(H,15,16)(H,17,20)(H,18,19). The minimum atomic E-state index is -0.558. The van der Waals surface area contributed by atoms with Gasteiger partial charge in [0.2, 0.25) is 5.91 Å². The van der Waals surface area contributed by atoms with Crippen molar-refractivity contribution in [2.75, 3.05) is 11.9 Å². The quantitative estimate of drug-likeness (QED) is 0.721. The number of anilines is 1. The summed E-state index contributed by atoms with van der Waals surface area (Å²) < 4.78 is 0. The van der Waals surface area contributed by atoms with Gasteiger partial charge in [0.25, 0.3) is 5.91 Å². The lowest BCUT2D eigenvalue weighted by Crippen LogP contribution is -2.45. The topological polar surface area (TPSA) is 83.1 Å². The van der Waals surface area contributed by atoms with E-state index in [9.17, 15) is 9.59 Å². The molecular weight excluding hydrogens is 256 g/mol. The first-order chi connectivity index (χ1) is 9.61. The fourth-order valence-corrected chi connectivity index (χ4v) is 1.81. The number of carbonyl (C=O) groups is 2. The van der Waals surface area contributed by atoms with Crippen LogP contribution < -0.4 is 16.0 Å². The van der Waals surface area contributed by atoms with Crippen LogP contribution in [-0.2, 0) is 4.79 Å². The van der Waals surface area contributed by atoms with E-state index in [1.165, 1.54) is 6.20 Å². The van der Waals surface area contributed by atoms with Gasteiger partial charge >= 0.3 is 0 Å². The van der Waals surface area contributed by atoms with Crippen molar-refractivity contribution in [3.63, 3.8) is 0 Å². The highest BCUT2D eigenvalue weighted by Gasteiger charge is 2.26. The van der Waals surface area contributed by atoms with Crippen LogP contribution in [0.5, 0.6) is 0 Å². The summed E-state index contributed by atoms with van der Waals surface area (Å²) in [6, 6.07) is 1.48. The van der Waals surface area contributed by atoms with Gasteiger partial charge in [0, 0.05) is 25.0 Å². The number of hydrogen-bond donors (Lipinski definition) is 3. The summed E-state index contributed by atoms with van der Waals surface area (Å²) in [5, 5.41) is 8.66. The van der Waals surface area contributed by atoms with Gasteiger partial charge in [-0.15, -0.1) is 0 Å². The number of pyridine rings is 1. The fourth-order valence-electron chi connectivity index (χ4n) is 1.81. The monoisotopic (exact) mass is 276 g/mol. The Morgan fingerprint density at radius 3 is 2.85 bits per heavy atom. The highest BCUT2D eigenvalue weighted by atomic mass is 16.2. The van der Waals surface area contributed by atoms with Gasteiger partial charge in [-0.25, -0.2) is 0 Å². The molecule has 1 saturated carbocycles. The zero-order valence-electron chi connectivity index (χ0n) is 11.8. The average molecular weight is 276 g/mol. The van der Waals surface area contributed by atoms with Crippen molar-refractivity contribution in [3.8, 4) is 0 Å². The fraction of sp³-hybridized carbons (Fsp3) is 0.500. The number of rotatable bonds is 6. The van der Waals surface area contributed by atoms with Crippen molar-refractivity contribution in [2.45, 2.75) is 38.8 Å². The molecule has 1 aliphatic rings. The molecular formula is C14H20N4O2. The molecule has 1 atom stereocenters. The zero-order valence-corrected chi connectivity index (χ0v) is 11.8. The molecule has 6 nitrogen and oxygen atoms in total. The van der Waals surface area contributed by atoms with E-state index in [0.29, 0.717) is 12.1 Å². The summed E-state index contributed by atoms with van der Waals surface area (Å²) in [5.74, 6) is -0.442. The second-order valence-electron chi connectivity index (χ2n) is 4.93. The molecule has 1 unspecified atom stereocenters. The smallest absolute Gasteiger partial charge is 0.255 e. The first kappa shape index (κ1) is 14.3. The number of nitrogens with zero attached hydrogens (tertiary/aromatic N) is 1. The molecule has 0 bridgehead atoms. The molecule has 20 heavy (non-hydrogen) atoms. The number of aromatic nitrogens is 1. The molecule has 0 aromatic carbocycles. The SMILES string of the molecule is CCNc1ccncc1C(=O)NC(C)C(=O)NC1CC1. The first-order valence-corrected chi connectivity index (χ1v) is 6.91. The molecule has 1 aliphatic carbocycles. The van der Waals surface area contributed by atoms with E-state index in [0.717, 1.165) is 18.5 Å². The molecule has 1 heterocycles. The molecule has 1 aromatic rings. The van der Waals surface area contributed by atoms with Gasteiger partial charge in [0.05, 0.1) is 11.3 Å². The summed E-state index contributed by atoms with van der Waals surface area (Å²) in [6.07, 6.45) is 5.18. The molecule has 2 amide bonds. The first-order valence-electron chi connectivity index (χ1n) is 6.91. The summed E-state index contributed by atoms with van der Waals surface area (Å²) in [7, 11) is 0. The van der Waals surface area contributed by atoms with Crippen molar-refractivity contribution in [1.29, 1.82) is 0 Å². The molecule has 3 N–H and O–H groups in total. The Labute approximate surface area is 118 Å². The average Bonchev–Trinajstić information content (AvgIpc) is 3.23. The second-order valence-corrected chi connectivity index (χ2v) is 4.93. The summed E-state index contributed by atoms with van der Waals surface area (Å²) >= 11 is 0. The second kappa shape index (κ2) is 6.36. The van der Waals surface area contributed by atoms with Gasteiger partial charge < -0.3 is 16.0 Å². The predicted molar refractivity (Wildman–Crippen MR) is 76.5 cm³/mol. The van der Waals surface area contributed by atoms with Crippen LogP contribution in [0.1, 0.15) is 37.0 Å². The van der Waals surface area contributed by atoms with E-state index >= 15 is 0 Å². The largest absolute Gasteiger partial charge is 0.385 e. The summed E-state index contributed by atoms with van der Waals surface area (Å²) in [6.45, 7) is 4.34.